The zero-order valence-electron chi connectivity index (χ0n) is 12.8. The first-order chi connectivity index (χ1) is 9.56. The van der Waals surface area contributed by atoms with E-state index in [2.05, 4.69) is 31.2 Å². The summed E-state index contributed by atoms with van der Waals surface area (Å²) in [6.07, 6.45) is 3.57. The van der Waals surface area contributed by atoms with Crippen molar-refractivity contribution in [1.29, 1.82) is 0 Å². The normalized spacial score (nSPS) is 30.0. The zero-order chi connectivity index (χ0) is 14.3. The predicted octanol–water partition coefficient (Wildman–Crippen LogP) is 2.75. The van der Waals surface area contributed by atoms with E-state index in [4.69, 9.17) is 5.73 Å². The van der Waals surface area contributed by atoms with Crippen molar-refractivity contribution in [1.82, 2.24) is 4.90 Å². The molecule has 2 fully saturated rings. The number of benzene rings is 1. The Hall–Kier alpha value is -1.06. The molecular weight excluding hydrogens is 284 g/mol. The van der Waals surface area contributed by atoms with Crippen molar-refractivity contribution in [2.24, 2.45) is 23.5 Å². The number of hydrogen-bond acceptors (Lipinski definition) is 2. The fourth-order valence-electron chi connectivity index (χ4n) is 4.00. The Kier molecular flexibility index (Phi) is 4.95. The summed E-state index contributed by atoms with van der Waals surface area (Å²) in [5, 5.41) is 0. The summed E-state index contributed by atoms with van der Waals surface area (Å²) in [6.45, 7) is 2.76. The summed E-state index contributed by atoms with van der Waals surface area (Å²) < 4.78 is 0. The highest BCUT2D eigenvalue weighted by Crippen LogP contribution is 2.48. The lowest BCUT2D eigenvalue weighted by molar-refractivity contribution is -0.137. The Morgan fingerprint density at radius 3 is 2.43 bits per heavy atom. The third-order valence-corrected chi connectivity index (χ3v) is 5.18. The molecule has 0 aromatic heterocycles. The Morgan fingerprint density at radius 1 is 1.24 bits per heavy atom. The molecule has 4 heteroatoms. The van der Waals surface area contributed by atoms with Gasteiger partial charge in [-0.2, -0.15) is 0 Å². The van der Waals surface area contributed by atoms with Gasteiger partial charge in [-0.05, 0) is 43.6 Å². The predicted molar refractivity (Wildman–Crippen MR) is 87.2 cm³/mol. The van der Waals surface area contributed by atoms with Crippen LogP contribution >= 0.6 is 12.4 Å². The number of nitrogens with zero attached hydrogens (tertiary/aromatic N) is 1. The average Bonchev–Trinajstić information content (AvgIpc) is 3.01. The van der Waals surface area contributed by atoms with Crippen LogP contribution in [0.15, 0.2) is 24.3 Å². The van der Waals surface area contributed by atoms with Crippen LogP contribution in [-0.4, -0.2) is 23.9 Å². The van der Waals surface area contributed by atoms with Crippen LogP contribution in [0, 0.1) is 24.7 Å². The van der Waals surface area contributed by atoms with E-state index in [0.717, 1.165) is 6.42 Å². The van der Waals surface area contributed by atoms with Gasteiger partial charge in [0.2, 0.25) is 5.91 Å². The summed E-state index contributed by atoms with van der Waals surface area (Å²) in [4.78, 5) is 14.5. The largest absolute Gasteiger partial charge is 0.341 e. The van der Waals surface area contributed by atoms with Gasteiger partial charge in [-0.3, -0.25) is 4.79 Å². The number of halogens is 1. The molecule has 116 valence electrons. The quantitative estimate of drug-likeness (QED) is 0.933. The van der Waals surface area contributed by atoms with E-state index in [1.165, 1.54) is 24.0 Å². The van der Waals surface area contributed by atoms with Gasteiger partial charge in [-0.15, -0.1) is 12.4 Å². The summed E-state index contributed by atoms with van der Waals surface area (Å²) in [6, 6.07) is 8.47. The Bertz CT molecular complexity index is 500. The molecule has 21 heavy (non-hydrogen) atoms. The SMILES string of the molecule is Cc1ccc(CN(C)C(=O)C2C3CCC(C3)C2N)cc1.Cl. The first-order valence-corrected chi connectivity index (χ1v) is 7.62. The lowest BCUT2D eigenvalue weighted by atomic mass is 9.84. The third-order valence-electron chi connectivity index (χ3n) is 5.18. The van der Waals surface area contributed by atoms with E-state index < -0.39 is 0 Å². The molecule has 1 aromatic rings. The van der Waals surface area contributed by atoms with Gasteiger partial charge < -0.3 is 10.6 Å². The highest BCUT2D eigenvalue weighted by atomic mass is 35.5. The molecule has 4 unspecified atom stereocenters. The molecule has 2 bridgehead atoms. The van der Waals surface area contributed by atoms with Crippen molar-refractivity contribution in [3.05, 3.63) is 35.4 Å². The molecule has 0 spiro atoms. The van der Waals surface area contributed by atoms with Crippen LogP contribution in [0.2, 0.25) is 0 Å². The fourth-order valence-corrected chi connectivity index (χ4v) is 4.00. The molecular formula is C17H25ClN2O. The molecule has 2 aliphatic carbocycles. The number of nitrogens with two attached hydrogens (primary N) is 1. The first-order valence-electron chi connectivity index (χ1n) is 7.62. The minimum Gasteiger partial charge on any atom is -0.341 e. The number of rotatable bonds is 3. The summed E-state index contributed by atoms with van der Waals surface area (Å²) >= 11 is 0. The van der Waals surface area contributed by atoms with Crippen molar-refractivity contribution in [2.75, 3.05) is 7.05 Å². The maximum absolute atomic E-state index is 12.7. The van der Waals surface area contributed by atoms with Crippen LogP contribution in [0.25, 0.3) is 0 Å². The van der Waals surface area contributed by atoms with Gasteiger partial charge in [0.25, 0.3) is 0 Å². The van der Waals surface area contributed by atoms with Crippen LogP contribution in [0.1, 0.15) is 30.4 Å². The minimum atomic E-state index is 0. The molecule has 2 aliphatic rings. The minimum absolute atomic E-state index is 0. The zero-order valence-corrected chi connectivity index (χ0v) is 13.6. The highest BCUT2D eigenvalue weighted by molar-refractivity contribution is 5.85. The third kappa shape index (κ3) is 3.09. The van der Waals surface area contributed by atoms with Crippen LogP contribution < -0.4 is 5.73 Å². The van der Waals surface area contributed by atoms with Crippen molar-refractivity contribution in [3.8, 4) is 0 Å². The molecule has 0 heterocycles. The number of hydrogen-bond donors (Lipinski definition) is 1. The van der Waals surface area contributed by atoms with Gasteiger partial charge in [0.1, 0.15) is 0 Å². The molecule has 3 rings (SSSR count). The van der Waals surface area contributed by atoms with E-state index in [0.29, 0.717) is 18.4 Å². The standard InChI is InChI=1S/C17H24N2O.ClH/c1-11-3-5-12(6-4-11)10-19(2)17(20)15-13-7-8-14(9-13)16(15)18;/h3-6,13-16H,7-10,18H2,1-2H3;1H. The highest BCUT2D eigenvalue weighted by Gasteiger charge is 2.49. The lowest BCUT2D eigenvalue weighted by Gasteiger charge is -2.30. The Morgan fingerprint density at radius 2 is 1.86 bits per heavy atom. The molecule has 1 aromatic carbocycles. The monoisotopic (exact) mass is 308 g/mol. The van der Waals surface area contributed by atoms with E-state index >= 15 is 0 Å². The smallest absolute Gasteiger partial charge is 0.227 e. The number of carbonyl (C=O) groups is 1. The Balaban J connectivity index is 0.00000161. The number of fused-ring (bicyclic) bond motifs is 2. The van der Waals surface area contributed by atoms with E-state index in [1.807, 2.05) is 11.9 Å². The molecule has 2 saturated carbocycles. The van der Waals surface area contributed by atoms with Crippen LogP contribution in [-0.2, 0) is 11.3 Å². The van der Waals surface area contributed by atoms with Crippen molar-refractivity contribution in [3.63, 3.8) is 0 Å². The van der Waals surface area contributed by atoms with Gasteiger partial charge in [-0.1, -0.05) is 29.8 Å². The van der Waals surface area contributed by atoms with Crippen molar-refractivity contribution >= 4 is 18.3 Å². The van der Waals surface area contributed by atoms with Crippen molar-refractivity contribution in [2.45, 2.75) is 38.8 Å². The fraction of sp³-hybridized carbons (Fsp3) is 0.588. The van der Waals surface area contributed by atoms with E-state index in [9.17, 15) is 4.79 Å². The topological polar surface area (TPSA) is 46.3 Å². The van der Waals surface area contributed by atoms with Crippen LogP contribution in [0.5, 0.6) is 0 Å². The summed E-state index contributed by atoms with van der Waals surface area (Å²) in [5.74, 6) is 1.42. The number of amides is 1. The number of carbonyl (C=O) groups excluding carboxylic acids is 1. The molecule has 3 nitrogen and oxygen atoms in total. The van der Waals surface area contributed by atoms with Crippen molar-refractivity contribution < 1.29 is 4.79 Å². The van der Waals surface area contributed by atoms with Gasteiger partial charge in [0, 0.05) is 19.6 Å². The van der Waals surface area contributed by atoms with Gasteiger partial charge >= 0.3 is 0 Å². The lowest BCUT2D eigenvalue weighted by Crippen LogP contribution is -2.45. The molecule has 4 atom stereocenters. The number of aryl methyl sites for hydroxylation is 1. The maximum atomic E-state index is 12.7. The van der Waals surface area contributed by atoms with E-state index in [-0.39, 0.29) is 30.3 Å². The van der Waals surface area contributed by atoms with Gasteiger partial charge in [0.15, 0.2) is 0 Å². The molecule has 1 amide bonds. The maximum Gasteiger partial charge on any atom is 0.227 e. The first kappa shape index (κ1) is 16.3. The second-order valence-corrected chi connectivity index (χ2v) is 6.62. The Labute approximate surface area is 133 Å². The van der Waals surface area contributed by atoms with Crippen LogP contribution in [0.4, 0.5) is 0 Å². The van der Waals surface area contributed by atoms with Gasteiger partial charge in [-0.25, -0.2) is 0 Å². The summed E-state index contributed by atoms with van der Waals surface area (Å²) in [5.41, 5.74) is 8.70. The summed E-state index contributed by atoms with van der Waals surface area (Å²) in [7, 11) is 1.90. The van der Waals surface area contributed by atoms with Gasteiger partial charge in [0.05, 0.1) is 5.92 Å². The van der Waals surface area contributed by atoms with E-state index in [1.54, 1.807) is 0 Å². The second kappa shape index (κ2) is 6.37. The molecule has 0 radical (unpaired) electrons. The van der Waals surface area contributed by atoms with Crippen LogP contribution in [0.3, 0.4) is 0 Å². The molecule has 2 N–H and O–H groups in total. The second-order valence-electron chi connectivity index (χ2n) is 6.62. The molecule has 0 aliphatic heterocycles. The molecule has 0 saturated heterocycles. The average molecular weight is 309 g/mol.